The Morgan fingerprint density at radius 3 is 2.95 bits per heavy atom. The first-order chi connectivity index (χ1) is 10.1. The van der Waals surface area contributed by atoms with Crippen molar-refractivity contribution in [3.05, 3.63) is 29.6 Å². The molecule has 3 rings (SSSR count). The van der Waals surface area contributed by atoms with E-state index in [9.17, 15) is 12.8 Å². The summed E-state index contributed by atoms with van der Waals surface area (Å²) >= 11 is 0. The van der Waals surface area contributed by atoms with Crippen molar-refractivity contribution in [3.63, 3.8) is 0 Å². The van der Waals surface area contributed by atoms with Crippen LogP contribution in [-0.4, -0.2) is 33.9 Å². The summed E-state index contributed by atoms with van der Waals surface area (Å²) in [6, 6.07) is 3.87. The zero-order valence-electron chi connectivity index (χ0n) is 11.8. The lowest BCUT2D eigenvalue weighted by atomic mass is 10.0. The number of sulfone groups is 1. The van der Waals surface area contributed by atoms with Crippen molar-refractivity contribution in [2.24, 2.45) is 5.92 Å². The number of halogens is 1. The van der Waals surface area contributed by atoms with E-state index in [2.05, 4.69) is 5.32 Å². The summed E-state index contributed by atoms with van der Waals surface area (Å²) in [5, 5.41) is 3.38. The van der Waals surface area contributed by atoms with E-state index in [0.29, 0.717) is 17.9 Å². The average molecular weight is 313 g/mol. The Hall–Kier alpha value is -0.980. The van der Waals surface area contributed by atoms with Crippen LogP contribution in [0.15, 0.2) is 23.1 Å². The smallest absolute Gasteiger partial charge is 0.178 e. The van der Waals surface area contributed by atoms with Crippen molar-refractivity contribution >= 4 is 9.84 Å². The molecule has 1 aromatic rings. The molecule has 4 nitrogen and oxygen atoms in total. The maximum absolute atomic E-state index is 13.4. The third-order valence-corrected chi connectivity index (χ3v) is 6.14. The molecule has 2 unspecified atom stereocenters. The molecule has 2 aliphatic heterocycles. The maximum atomic E-state index is 13.4. The highest BCUT2D eigenvalue weighted by Crippen LogP contribution is 2.32. The Bertz CT molecular complexity index is 611. The van der Waals surface area contributed by atoms with Crippen LogP contribution in [0.25, 0.3) is 0 Å². The number of hydrogen-bond acceptors (Lipinski definition) is 4. The molecular weight excluding hydrogens is 293 g/mol. The molecule has 0 radical (unpaired) electrons. The van der Waals surface area contributed by atoms with Gasteiger partial charge in [-0.3, -0.25) is 0 Å². The van der Waals surface area contributed by atoms with Gasteiger partial charge in [-0.05, 0) is 55.5 Å². The standard InChI is InChI=1S/C15H20FNO3S/c16-12-1-2-15-13(9-12)14(5-8-21(15,18)19)17-6-3-11-4-7-20-10-11/h1-2,9,11,14,17H,3-8,10H2. The van der Waals surface area contributed by atoms with E-state index in [1.807, 2.05) is 0 Å². The first-order valence-corrected chi connectivity index (χ1v) is 9.05. The van der Waals surface area contributed by atoms with Gasteiger partial charge in [0.2, 0.25) is 0 Å². The lowest BCUT2D eigenvalue weighted by Crippen LogP contribution is -2.31. The largest absolute Gasteiger partial charge is 0.381 e. The quantitative estimate of drug-likeness (QED) is 0.865. The summed E-state index contributed by atoms with van der Waals surface area (Å²) in [6.45, 7) is 2.45. The van der Waals surface area contributed by atoms with Crippen molar-refractivity contribution < 1.29 is 17.5 Å². The Morgan fingerprint density at radius 1 is 1.33 bits per heavy atom. The number of nitrogens with one attached hydrogen (secondary N) is 1. The van der Waals surface area contributed by atoms with Gasteiger partial charge in [0, 0.05) is 19.3 Å². The van der Waals surface area contributed by atoms with Gasteiger partial charge < -0.3 is 10.1 Å². The van der Waals surface area contributed by atoms with E-state index in [1.54, 1.807) is 0 Å². The van der Waals surface area contributed by atoms with Gasteiger partial charge in [0.15, 0.2) is 9.84 Å². The van der Waals surface area contributed by atoms with Crippen LogP contribution in [-0.2, 0) is 14.6 Å². The minimum Gasteiger partial charge on any atom is -0.381 e. The third-order valence-electron chi connectivity index (χ3n) is 4.32. The fraction of sp³-hybridized carbons (Fsp3) is 0.600. The summed E-state index contributed by atoms with van der Waals surface area (Å²) in [5.74, 6) is 0.314. The number of hydrogen-bond donors (Lipinski definition) is 1. The molecule has 2 atom stereocenters. The zero-order chi connectivity index (χ0) is 14.9. The van der Waals surface area contributed by atoms with Gasteiger partial charge in [0.05, 0.1) is 10.6 Å². The third kappa shape index (κ3) is 3.27. The highest BCUT2D eigenvalue weighted by Gasteiger charge is 2.30. The van der Waals surface area contributed by atoms with Crippen LogP contribution in [0.3, 0.4) is 0 Å². The second-order valence-electron chi connectivity index (χ2n) is 5.81. The van der Waals surface area contributed by atoms with E-state index in [-0.39, 0.29) is 22.5 Å². The molecule has 0 aromatic heterocycles. The number of rotatable bonds is 4. The van der Waals surface area contributed by atoms with Gasteiger partial charge in [-0.1, -0.05) is 0 Å². The van der Waals surface area contributed by atoms with E-state index >= 15 is 0 Å². The summed E-state index contributed by atoms with van der Waals surface area (Å²) in [4.78, 5) is 0.275. The number of ether oxygens (including phenoxy) is 1. The first-order valence-electron chi connectivity index (χ1n) is 7.39. The molecule has 2 heterocycles. The van der Waals surface area contributed by atoms with E-state index in [0.717, 1.165) is 32.6 Å². The van der Waals surface area contributed by atoms with Crippen molar-refractivity contribution in [3.8, 4) is 0 Å². The van der Waals surface area contributed by atoms with Crippen molar-refractivity contribution in [2.45, 2.75) is 30.2 Å². The molecule has 116 valence electrons. The Labute approximate surface area is 124 Å². The molecule has 1 N–H and O–H groups in total. The fourth-order valence-electron chi connectivity index (χ4n) is 3.10. The molecule has 1 fully saturated rings. The van der Waals surface area contributed by atoms with Gasteiger partial charge in [-0.2, -0.15) is 0 Å². The van der Waals surface area contributed by atoms with Gasteiger partial charge in [0.1, 0.15) is 5.82 Å². The SMILES string of the molecule is O=S1(=O)CCC(NCCC2CCOC2)c2cc(F)ccc21. The Morgan fingerprint density at radius 2 is 2.19 bits per heavy atom. The first kappa shape index (κ1) is 14.9. The number of benzene rings is 1. The summed E-state index contributed by atoms with van der Waals surface area (Å²) in [7, 11) is -3.26. The molecule has 0 spiro atoms. The topological polar surface area (TPSA) is 55.4 Å². The normalized spacial score (nSPS) is 27.5. The van der Waals surface area contributed by atoms with Gasteiger partial charge in [-0.15, -0.1) is 0 Å². The monoisotopic (exact) mass is 313 g/mol. The van der Waals surface area contributed by atoms with Crippen molar-refractivity contribution in [1.82, 2.24) is 5.32 Å². The molecule has 6 heteroatoms. The van der Waals surface area contributed by atoms with Crippen LogP contribution in [0, 0.1) is 11.7 Å². The zero-order valence-corrected chi connectivity index (χ0v) is 12.7. The second kappa shape index (κ2) is 6.02. The van der Waals surface area contributed by atoms with Gasteiger partial charge in [0.25, 0.3) is 0 Å². The average Bonchev–Trinajstić information content (AvgIpc) is 2.94. The van der Waals surface area contributed by atoms with Gasteiger partial charge in [-0.25, -0.2) is 12.8 Å². The lowest BCUT2D eigenvalue weighted by Gasteiger charge is -2.26. The molecule has 1 saturated heterocycles. The molecular formula is C15H20FNO3S. The molecule has 1 aromatic carbocycles. The van der Waals surface area contributed by atoms with Crippen LogP contribution < -0.4 is 5.32 Å². The van der Waals surface area contributed by atoms with Crippen LogP contribution in [0.2, 0.25) is 0 Å². The molecule has 0 saturated carbocycles. The van der Waals surface area contributed by atoms with Gasteiger partial charge >= 0.3 is 0 Å². The van der Waals surface area contributed by atoms with Crippen LogP contribution in [0.1, 0.15) is 30.9 Å². The molecule has 2 aliphatic rings. The summed E-state index contributed by atoms with van der Waals surface area (Å²) in [6.07, 6.45) is 2.60. The predicted octanol–water partition coefficient (Wildman–Crippen LogP) is 2.06. The van der Waals surface area contributed by atoms with Crippen LogP contribution >= 0.6 is 0 Å². The van der Waals surface area contributed by atoms with Crippen molar-refractivity contribution in [2.75, 3.05) is 25.5 Å². The van der Waals surface area contributed by atoms with E-state index < -0.39 is 9.84 Å². The highest BCUT2D eigenvalue weighted by molar-refractivity contribution is 7.91. The molecule has 0 bridgehead atoms. The highest BCUT2D eigenvalue weighted by atomic mass is 32.2. The molecule has 0 amide bonds. The lowest BCUT2D eigenvalue weighted by molar-refractivity contribution is 0.184. The number of fused-ring (bicyclic) bond motifs is 1. The second-order valence-corrected chi connectivity index (χ2v) is 7.89. The molecule has 21 heavy (non-hydrogen) atoms. The maximum Gasteiger partial charge on any atom is 0.178 e. The molecule has 0 aliphatic carbocycles. The minimum absolute atomic E-state index is 0.0819. The Balaban J connectivity index is 1.70. The fourth-order valence-corrected chi connectivity index (χ4v) is 4.70. The summed E-state index contributed by atoms with van der Waals surface area (Å²) in [5.41, 5.74) is 0.573. The predicted molar refractivity (Wildman–Crippen MR) is 77.4 cm³/mol. The summed E-state index contributed by atoms with van der Waals surface area (Å²) < 4.78 is 42.9. The Kier molecular flexibility index (Phi) is 4.28. The minimum atomic E-state index is -3.26. The van der Waals surface area contributed by atoms with Crippen LogP contribution in [0.4, 0.5) is 4.39 Å². The van der Waals surface area contributed by atoms with Crippen LogP contribution in [0.5, 0.6) is 0 Å². The van der Waals surface area contributed by atoms with E-state index in [1.165, 1.54) is 18.2 Å². The van der Waals surface area contributed by atoms with Crippen molar-refractivity contribution in [1.29, 1.82) is 0 Å². The van der Waals surface area contributed by atoms with E-state index in [4.69, 9.17) is 4.74 Å².